The lowest BCUT2D eigenvalue weighted by Crippen LogP contribution is -2.32. The highest BCUT2D eigenvalue weighted by Gasteiger charge is 2.14. The van der Waals surface area contributed by atoms with E-state index in [0.29, 0.717) is 6.54 Å². The van der Waals surface area contributed by atoms with Crippen LogP contribution in [0.3, 0.4) is 0 Å². The van der Waals surface area contributed by atoms with E-state index in [1.807, 2.05) is 61.6 Å². The van der Waals surface area contributed by atoms with E-state index in [1.165, 1.54) is 10.5 Å². The van der Waals surface area contributed by atoms with Crippen LogP contribution >= 0.6 is 11.8 Å². The monoisotopic (exact) mass is 459 g/mol. The van der Waals surface area contributed by atoms with Gasteiger partial charge in [-0.15, -0.1) is 0 Å². The molecule has 0 aliphatic rings. The van der Waals surface area contributed by atoms with Crippen LogP contribution < -0.4 is 9.47 Å². The Balaban J connectivity index is 1.36. The Bertz CT molecular complexity index is 1190. The Morgan fingerprint density at radius 1 is 0.818 bits per heavy atom. The fraction of sp³-hybridized carbons (Fsp3) is 0.214. The van der Waals surface area contributed by atoms with Crippen molar-refractivity contribution in [3.8, 4) is 11.5 Å². The molecule has 0 aliphatic carbocycles. The Morgan fingerprint density at radius 2 is 1.48 bits per heavy atom. The van der Waals surface area contributed by atoms with Crippen LogP contribution in [0.15, 0.2) is 101 Å². The fourth-order valence-electron chi connectivity index (χ4n) is 3.83. The van der Waals surface area contributed by atoms with Gasteiger partial charge in [-0.2, -0.15) is 0 Å². The molecule has 0 aromatic heterocycles. The molecule has 0 spiro atoms. The predicted octanol–water partition coefficient (Wildman–Crippen LogP) is 5.87. The quantitative estimate of drug-likeness (QED) is 0.321. The van der Waals surface area contributed by atoms with Crippen LogP contribution in [0.5, 0.6) is 11.5 Å². The van der Waals surface area contributed by atoms with Gasteiger partial charge >= 0.3 is 0 Å². The molecule has 4 nitrogen and oxygen atoms in total. The maximum atomic E-state index is 10.6. The third-order valence-electron chi connectivity index (χ3n) is 5.41. The molecular weight excluding hydrogens is 430 g/mol. The van der Waals surface area contributed by atoms with Gasteiger partial charge in [0.25, 0.3) is 0 Å². The predicted molar refractivity (Wildman–Crippen MR) is 135 cm³/mol. The second-order valence-corrected chi connectivity index (χ2v) is 9.08. The third kappa shape index (κ3) is 6.08. The second kappa shape index (κ2) is 11.2. The van der Waals surface area contributed by atoms with Crippen molar-refractivity contribution < 1.29 is 14.6 Å². The molecule has 0 heterocycles. The molecule has 0 radical (unpaired) electrons. The number of fused-ring (bicyclic) bond motifs is 1. The molecule has 4 aromatic carbocycles. The number of methoxy groups -OCH3 is 1. The fourth-order valence-corrected chi connectivity index (χ4v) is 4.88. The highest BCUT2D eigenvalue weighted by molar-refractivity contribution is 7.99. The lowest BCUT2D eigenvalue weighted by molar-refractivity contribution is 0.0748. The standard InChI is InChI=1S/C28H29NO3S/c1-29(19-23(30)20-32-25-15-9-12-21-10-3-5-13-24(21)25)18-22-11-4-7-16-27(22)33-28-17-8-6-14-26(28)31-2/h3-17,23,30H,18-20H2,1-2H3. The summed E-state index contributed by atoms with van der Waals surface area (Å²) in [6, 6.07) is 30.5. The zero-order chi connectivity index (χ0) is 23.0. The smallest absolute Gasteiger partial charge is 0.132 e. The van der Waals surface area contributed by atoms with E-state index >= 15 is 0 Å². The van der Waals surface area contributed by atoms with Gasteiger partial charge in [0.05, 0.1) is 12.0 Å². The number of ether oxygens (including phenoxy) is 2. The minimum Gasteiger partial charge on any atom is -0.496 e. The number of benzene rings is 4. The van der Waals surface area contributed by atoms with Crippen LogP contribution in [0.25, 0.3) is 10.8 Å². The zero-order valence-electron chi connectivity index (χ0n) is 19.0. The minimum absolute atomic E-state index is 0.246. The summed E-state index contributed by atoms with van der Waals surface area (Å²) in [7, 11) is 3.71. The number of likely N-dealkylation sites (N-methyl/N-ethyl adjacent to an activating group) is 1. The van der Waals surface area contributed by atoms with E-state index in [0.717, 1.165) is 33.7 Å². The van der Waals surface area contributed by atoms with E-state index in [2.05, 4.69) is 41.3 Å². The molecule has 0 amide bonds. The van der Waals surface area contributed by atoms with Crippen LogP contribution in [0.1, 0.15) is 5.56 Å². The average Bonchev–Trinajstić information content (AvgIpc) is 2.84. The summed E-state index contributed by atoms with van der Waals surface area (Å²) >= 11 is 1.70. The number of nitrogens with zero attached hydrogens (tertiary/aromatic N) is 1. The van der Waals surface area contributed by atoms with Gasteiger partial charge in [-0.3, -0.25) is 4.90 Å². The number of para-hydroxylation sites is 1. The van der Waals surface area contributed by atoms with Crippen LogP contribution in [-0.4, -0.2) is 43.4 Å². The minimum atomic E-state index is -0.594. The van der Waals surface area contributed by atoms with Crippen molar-refractivity contribution in [2.24, 2.45) is 0 Å². The number of rotatable bonds is 10. The second-order valence-electron chi connectivity index (χ2n) is 8.00. The number of aliphatic hydroxyl groups excluding tert-OH is 1. The van der Waals surface area contributed by atoms with E-state index in [4.69, 9.17) is 9.47 Å². The van der Waals surface area contributed by atoms with Crippen molar-refractivity contribution in [3.63, 3.8) is 0 Å². The van der Waals surface area contributed by atoms with E-state index < -0.39 is 6.10 Å². The number of hydrogen-bond donors (Lipinski definition) is 1. The Labute approximate surface area is 199 Å². The highest BCUT2D eigenvalue weighted by Crippen LogP contribution is 2.36. The van der Waals surface area contributed by atoms with Gasteiger partial charge in [-0.05, 0) is 42.3 Å². The van der Waals surface area contributed by atoms with Crippen LogP contribution in [0, 0.1) is 0 Å². The average molecular weight is 460 g/mol. The summed E-state index contributed by atoms with van der Waals surface area (Å²) in [6.45, 7) is 1.48. The SMILES string of the molecule is COc1ccccc1Sc1ccccc1CN(C)CC(O)COc1cccc2ccccc12. The summed E-state index contributed by atoms with van der Waals surface area (Å²) in [6.07, 6.45) is -0.594. The van der Waals surface area contributed by atoms with Crippen LogP contribution in [0.2, 0.25) is 0 Å². The van der Waals surface area contributed by atoms with Crippen LogP contribution in [-0.2, 0) is 6.54 Å². The molecule has 0 fully saturated rings. The van der Waals surface area contributed by atoms with Crippen molar-refractivity contribution in [1.82, 2.24) is 4.90 Å². The van der Waals surface area contributed by atoms with Gasteiger partial charge in [0.1, 0.15) is 24.2 Å². The normalized spacial score (nSPS) is 12.1. The highest BCUT2D eigenvalue weighted by atomic mass is 32.2. The first-order valence-electron chi connectivity index (χ1n) is 11.0. The maximum Gasteiger partial charge on any atom is 0.132 e. The van der Waals surface area contributed by atoms with Crippen molar-refractivity contribution in [3.05, 3.63) is 96.6 Å². The first kappa shape index (κ1) is 23.2. The molecule has 1 N–H and O–H groups in total. The van der Waals surface area contributed by atoms with Gasteiger partial charge in [-0.25, -0.2) is 0 Å². The maximum absolute atomic E-state index is 10.6. The molecule has 1 unspecified atom stereocenters. The molecule has 0 aliphatic heterocycles. The summed E-state index contributed by atoms with van der Waals surface area (Å²) in [5.41, 5.74) is 1.21. The number of hydrogen-bond acceptors (Lipinski definition) is 5. The molecule has 4 aromatic rings. The van der Waals surface area contributed by atoms with Gasteiger partial charge < -0.3 is 14.6 Å². The lowest BCUT2D eigenvalue weighted by Gasteiger charge is -2.22. The van der Waals surface area contributed by atoms with Gasteiger partial charge in [0.15, 0.2) is 0 Å². The Hall–Kier alpha value is -2.99. The lowest BCUT2D eigenvalue weighted by atomic mass is 10.1. The van der Waals surface area contributed by atoms with Gasteiger partial charge in [-0.1, -0.05) is 78.5 Å². The summed E-state index contributed by atoms with van der Waals surface area (Å²) in [4.78, 5) is 4.38. The topological polar surface area (TPSA) is 41.9 Å². The number of aliphatic hydroxyl groups is 1. The molecule has 170 valence electrons. The van der Waals surface area contributed by atoms with Gasteiger partial charge in [0, 0.05) is 23.4 Å². The molecule has 5 heteroatoms. The summed E-state index contributed by atoms with van der Waals surface area (Å²) < 4.78 is 11.5. The molecule has 33 heavy (non-hydrogen) atoms. The third-order valence-corrected chi connectivity index (χ3v) is 6.58. The first-order valence-corrected chi connectivity index (χ1v) is 11.8. The van der Waals surface area contributed by atoms with Gasteiger partial charge in [0.2, 0.25) is 0 Å². The van der Waals surface area contributed by atoms with Crippen molar-refractivity contribution in [1.29, 1.82) is 0 Å². The molecule has 0 saturated carbocycles. The molecule has 0 saturated heterocycles. The van der Waals surface area contributed by atoms with E-state index in [-0.39, 0.29) is 6.61 Å². The summed E-state index contributed by atoms with van der Waals surface area (Å²) in [5.74, 6) is 1.67. The van der Waals surface area contributed by atoms with E-state index in [1.54, 1.807) is 18.9 Å². The molecular formula is C28H29NO3S. The molecule has 1 atom stereocenters. The van der Waals surface area contributed by atoms with E-state index in [9.17, 15) is 5.11 Å². The first-order chi connectivity index (χ1) is 16.1. The Kier molecular flexibility index (Phi) is 7.89. The summed E-state index contributed by atoms with van der Waals surface area (Å²) in [5, 5.41) is 12.8. The Morgan fingerprint density at radius 3 is 2.33 bits per heavy atom. The largest absolute Gasteiger partial charge is 0.496 e. The molecule has 4 rings (SSSR count). The van der Waals surface area contributed by atoms with Crippen molar-refractivity contribution in [2.45, 2.75) is 22.4 Å². The molecule has 0 bridgehead atoms. The van der Waals surface area contributed by atoms with Crippen molar-refractivity contribution in [2.75, 3.05) is 27.3 Å². The van der Waals surface area contributed by atoms with Crippen molar-refractivity contribution >= 4 is 22.5 Å². The van der Waals surface area contributed by atoms with Crippen LogP contribution in [0.4, 0.5) is 0 Å². The zero-order valence-corrected chi connectivity index (χ0v) is 19.8.